The highest BCUT2D eigenvalue weighted by Gasteiger charge is 2.28. The molecule has 6 heteroatoms. The van der Waals surface area contributed by atoms with Gasteiger partial charge in [0.1, 0.15) is 17.5 Å². The molecule has 0 aromatic carbocycles. The summed E-state index contributed by atoms with van der Waals surface area (Å²) in [6.07, 6.45) is 4.53. The van der Waals surface area contributed by atoms with Crippen molar-refractivity contribution in [3.8, 4) is 0 Å². The van der Waals surface area contributed by atoms with E-state index in [1.807, 2.05) is 6.92 Å². The second-order valence-corrected chi connectivity index (χ2v) is 5.60. The first-order valence-corrected chi connectivity index (χ1v) is 7.76. The lowest BCUT2D eigenvalue weighted by Gasteiger charge is -2.14. The van der Waals surface area contributed by atoms with Gasteiger partial charge in [0.05, 0.1) is 0 Å². The zero-order chi connectivity index (χ0) is 15.2. The third-order valence-electron chi connectivity index (χ3n) is 3.54. The predicted octanol–water partition coefficient (Wildman–Crippen LogP) is 2.16. The number of nitrogens with one attached hydrogen (secondary N) is 2. The summed E-state index contributed by atoms with van der Waals surface area (Å²) >= 11 is 0. The van der Waals surface area contributed by atoms with E-state index in [2.05, 4.69) is 27.5 Å². The zero-order valence-electron chi connectivity index (χ0n) is 12.9. The smallest absolute Gasteiger partial charge is 0.217 e. The molecule has 1 fully saturated rings. The van der Waals surface area contributed by atoms with Gasteiger partial charge in [-0.25, -0.2) is 9.97 Å². The van der Waals surface area contributed by atoms with Crippen LogP contribution in [0.4, 0.5) is 11.6 Å². The van der Waals surface area contributed by atoms with Gasteiger partial charge in [-0.15, -0.1) is 0 Å². The first-order valence-electron chi connectivity index (χ1n) is 7.76. The highest BCUT2D eigenvalue weighted by molar-refractivity contribution is 5.73. The Balaban J connectivity index is 2.06. The standard InChI is InChI=1S/C15H25N5O/c1-3-8-17-13-10(2)14(18-9-4-5-12(16)21)20-15(19-13)11-6-7-11/h11H,3-9H2,1-2H3,(H2,16,21)(H2,17,18,19,20). The Morgan fingerprint density at radius 1 is 1.24 bits per heavy atom. The lowest BCUT2D eigenvalue weighted by Crippen LogP contribution is -2.15. The molecule has 2 rings (SSSR count). The van der Waals surface area contributed by atoms with E-state index >= 15 is 0 Å². The normalized spacial score (nSPS) is 14.0. The van der Waals surface area contributed by atoms with Crippen molar-refractivity contribution in [3.05, 3.63) is 11.4 Å². The molecule has 1 amide bonds. The molecule has 1 heterocycles. The van der Waals surface area contributed by atoms with Gasteiger partial charge in [-0.2, -0.15) is 0 Å². The molecule has 116 valence electrons. The summed E-state index contributed by atoms with van der Waals surface area (Å²) in [5.74, 6) is 2.97. The number of primary amides is 1. The van der Waals surface area contributed by atoms with E-state index in [4.69, 9.17) is 5.73 Å². The van der Waals surface area contributed by atoms with Gasteiger partial charge >= 0.3 is 0 Å². The van der Waals surface area contributed by atoms with Crippen molar-refractivity contribution in [1.29, 1.82) is 0 Å². The van der Waals surface area contributed by atoms with Crippen molar-refractivity contribution in [3.63, 3.8) is 0 Å². The molecule has 1 saturated carbocycles. The number of carbonyl (C=O) groups is 1. The van der Waals surface area contributed by atoms with Crippen molar-refractivity contribution in [2.75, 3.05) is 23.7 Å². The Morgan fingerprint density at radius 2 is 1.86 bits per heavy atom. The number of carbonyl (C=O) groups excluding carboxylic acids is 1. The number of hydrogen-bond donors (Lipinski definition) is 3. The fourth-order valence-corrected chi connectivity index (χ4v) is 2.12. The van der Waals surface area contributed by atoms with E-state index in [0.29, 0.717) is 18.9 Å². The molecule has 21 heavy (non-hydrogen) atoms. The summed E-state index contributed by atoms with van der Waals surface area (Å²) in [6, 6.07) is 0. The van der Waals surface area contributed by atoms with Crippen LogP contribution in [0.15, 0.2) is 0 Å². The van der Waals surface area contributed by atoms with E-state index in [0.717, 1.165) is 42.4 Å². The Morgan fingerprint density at radius 3 is 2.38 bits per heavy atom. The molecular weight excluding hydrogens is 266 g/mol. The van der Waals surface area contributed by atoms with E-state index in [1.54, 1.807) is 0 Å². The maximum atomic E-state index is 10.8. The SMILES string of the molecule is CCCNc1nc(C2CC2)nc(NCCCC(N)=O)c1C. The van der Waals surface area contributed by atoms with Crippen LogP contribution in [0.25, 0.3) is 0 Å². The third kappa shape index (κ3) is 4.58. The van der Waals surface area contributed by atoms with Crippen LogP contribution < -0.4 is 16.4 Å². The minimum atomic E-state index is -0.264. The molecule has 6 nitrogen and oxygen atoms in total. The van der Waals surface area contributed by atoms with E-state index < -0.39 is 0 Å². The molecule has 0 unspecified atom stereocenters. The molecular formula is C15H25N5O. The molecule has 0 bridgehead atoms. The molecule has 0 atom stereocenters. The van der Waals surface area contributed by atoms with E-state index in [9.17, 15) is 4.79 Å². The molecule has 1 aliphatic carbocycles. The maximum absolute atomic E-state index is 10.8. The van der Waals surface area contributed by atoms with E-state index in [-0.39, 0.29) is 5.91 Å². The Hall–Kier alpha value is -1.85. The summed E-state index contributed by atoms with van der Waals surface area (Å²) in [4.78, 5) is 20.1. The molecule has 0 radical (unpaired) electrons. The average Bonchev–Trinajstić information content (AvgIpc) is 3.28. The van der Waals surface area contributed by atoms with Gasteiger partial charge in [0.15, 0.2) is 0 Å². The van der Waals surface area contributed by atoms with Crippen LogP contribution in [0.5, 0.6) is 0 Å². The molecule has 1 aliphatic rings. The van der Waals surface area contributed by atoms with E-state index in [1.165, 1.54) is 12.8 Å². The van der Waals surface area contributed by atoms with Crippen LogP contribution in [0.1, 0.15) is 56.3 Å². The number of nitrogens with two attached hydrogens (primary N) is 1. The maximum Gasteiger partial charge on any atom is 0.217 e. The number of hydrogen-bond acceptors (Lipinski definition) is 5. The molecule has 1 aromatic rings. The lowest BCUT2D eigenvalue weighted by molar-refractivity contribution is -0.118. The van der Waals surface area contributed by atoms with Crippen LogP contribution in [-0.2, 0) is 4.79 Å². The molecule has 1 aromatic heterocycles. The first kappa shape index (κ1) is 15.5. The average molecular weight is 291 g/mol. The first-order chi connectivity index (χ1) is 10.1. The summed E-state index contributed by atoms with van der Waals surface area (Å²) in [7, 11) is 0. The summed E-state index contributed by atoms with van der Waals surface area (Å²) in [6.45, 7) is 5.75. The second-order valence-electron chi connectivity index (χ2n) is 5.60. The topological polar surface area (TPSA) is 92.9 Å². The minimum absolute atomic E-state index is 0.264. The van der Waals surface area contributed by atoms with Crippen molar-refractivity contribution < 1.29 is 4.79 Å². The van der Waals surface area contributed by atoms with Crippen molar-refractivity contribution in [2.45, 2.75) is 51.9 Å². The predicted molar refractivity (Wildman–Crippen MR) is 84.4 cm³/mol. The molecule has 0 spiro atoms. The third-order valence-corrected chi connectivity index (χ3v) is 3.54. The van der Waals surface area contributed by atoms with Crippen LogP contribution in [-0.4, -0.2) is 29.0 Å². The van der Waals surface area contributed by atoms with Gasteiger partial charge in [0.2, 0.25) is 5.91 Å². The summed E-state index contributed by atoms with van der Waals surface area (Å²) < 4.78 is 0. The lowest BCUT2D eigenvalue weighted by atomic mass is 10.2. The fraction of sp³-hybridized carbons (Fsp3) is 0.667. The minimum Gasteiger partial charge on any atom is -0.370 e. The van der Waals surface area contributed by atoms with Crippen LogP contribution in [0.3, 0.4) is 0 Å². The molecule has 0 saturated heterocycles. The largest absolute Gasteiger partial charge is 0.370 e. The number of amides is 1. The number of nitrogens with zero attached hydrogens (tertiary/aromatic N) is 2. The van der Waals surface area contributed by atoms with Crippen molar-refractivity contribution in [2.24, 2.45) is 5.73 Å². The Bertz CT molecular complexity index is 499. The number of rotatable bonds is 9. The van der Waals surface area contributed by atoms with Crippen LogP contribution >= 0.6 is 0 Å². The second kappa shape index (κ2) is 7.24. The Kier molecular flexibility index (Phi) is 5.36. The van der Waals surface area contributed by atoms with Gasteiger partial charge < -0.3 is 16.4 Å². The zero-order valence-corrected chi connectivity index (χ0v) is 12.9. The monoisotopic (exact) mass is 291 g/mol. The van der Waals surface area contributed by atoms with Gasteiger partial charge in [-0.1, -0.05) is 6.92 Å². The Labute approximate surface area is 125 Å². The van der Waals surface area contributed by atoms with Crippen molar-refractivity contribution in [1.82, 2.24) is 9.97 Å². The number of aromatic nitrogens is 2. The van der Waals surface area contributed by atoms with Gasteiger partial charge in [-0.05, 0) is 32.6 Å². The fourth-order valence-electron chi connectivity index (χ4n) is 2.12. The van der Waals surface area contributed by atoms with Gasteiger partial charge in [-0.3, -0.25) is 4.79 Å². The quantitative estimate of drug-likeness (QED) is 0.606. The van der Waals surface area contributed by atoms with Crippen LogP contribution in [0.2, 0.25) is 0 Å². The molecule has 0 aliphatic heterocycles. The molecule has 4 N–H and O–H groups in total. The van der Waals surface area contributed by atoms with Crippen LogP contribution in [0, 0.1) is 6.92 Å². The van der Waals surface area contributed by atoms with Gasteiger partial charge in [0, 0.05) is 31.0 Å². The highest BCUT2D eigenvalue weighted by atomic mass is 16.1. The summed E-state index contributed by atoms with van der Waals surface area (Å²) in [5.41, 5.74) is 6.18. The summed E-state index contributed by atoms with van der Waals surface area (Å²) in [5, 5.41) is 6.68. The number of anilines is 2. The highest BCUT2D eigenvalue weighted by Crippen LogP contribution is 2.39. The van der Waals surface area contributed by atoms with Gasteiger partial charge in [0.25, 0.3) is 0 Å². The van der Waals surface area contributed by atoms with Crippen molar-refractivity contribution >= 4 is 17.5 Å².